The number of carbonyl (C=O) groups is 2. The Labute approximate surface area is 171 Å². The standard InChI is InChI=1S/C24H38O4/c1-23(2,3)15-9-11-17-27-21(25)19-13-7-8-14-20(19)22(26)28-18-12-10-16-24(4,5)6/h7-8,13-14H,9-12,15-18H2,1-6H3. The first kappa shape index (κ1) is 24.2. The smallest absolute Gasteiger partial charge is 0.339 e. The Kier molecular flexibility index (Phi) is 9.71. The topological polar surface area (TPSA) is 52.6 Å². The van der Waals surface area contributed by atoms with Crippen molar-refractivity contribution in [2.24, 2.45) is 10.8 Å². The molecule has 0 amide bonds. The van der Waals surface area contributed by atoms with Crippen LogP contribution in [0.25, 0.3) is 0 Å². The number of esters is 2. The first-order valence-corrected chi connectivity index (χ1v) is 10.4. The lowest BCUT2D eigenvalue weighted by atomic mass is 9.90. The molecule has 28 heavy (non-hydrogen) atoms. The lowest BCUT2D eigenvalue weighted by molar-refractivity contribution is 0.0448. The number of hydrogen-bond acceptors (Lipinski definition) is 4. The van der Waals surface area contributed by atoms with Crippen molar-refractivity contribution in [3.63, 3.8) is 0 Å². The summed E-state index contributed by atoms with van der Waals surface area (Å²) in [4.78, 5) is 24.8. The van der Waals surface area contributed by atoms with Gasteiger partial charge in [-0.15, -0.1) is 0 Å². The number of hydrogen-bond donors (Lipinski definition) is 0. The molecule has 0 aromatic heterocycles. The minimum Gasteiger partial charge on any atom is -0.462 e. The van der Waals surface area contributed by atoms with Crippen LogP contribution in [0.4, 0.5) is 0 Å². The van der Waals surface area contributed by atoms with E-state index in [1.165, 1.54) is 0 Å². The van der Waals surface area contributed by atoms with Crippen LogP contribution in [-0.2, 0) is 9.47 Å². The summed E-state index contributed by atoms with van der Waals surface area (Å²) in [6.07, 6.45) is 5.84. The van der Waals surface area contributed by atoms with Gasteiger partial charge in [0.2, 0.25) is 0 Å². The Balaban J connectivity index is 2.47. The molecule has 0 saturated heterocycles. The van der Waals surface area contributed by atoms with Gasteiger partial charge in [0.1, 0.15) is 0 Å². The summed E-state index contributed by atoms with van der Waals surface area (Å²) in [7, 11) is 0. The predicted molar refractivity (Wildman–Crippen MR) is 114 cm³/mol. The van der Waals surface area contributed by atoms with E-state index < -0.39 is 11.9 Å². The number of benzene rings is 1. The van der Waals surface area contributed by atoms with Gasteiger partial charge in [-0.1, -0.05) is 53.7 Å². The summed E-state index contributed by atoms with van der Waals surface area (Å²) in [5.41, 5.74) is 1.12. The zero-order chi connectivity index (χ0) is 21.2. The number of rotatable bonds is 10. The van der Waals surface area contributed by atoms with Gasteiger partial charge in [-0.25, -0.2) is 9.59 Å². The summed E-state index contributed by atoms with van der Waals surface area (Å²) in [5.74, 6) is -0.924. The van der Waals surface area contributed by atoms with Crippen molar-refractivity contribution in [3.05, 3.63) is 35.4 Å². The molecule has 158 valence electrons. The lowest BCUT2D eigenvalue weighted by Crippen LogP contribution is -2.15. The van der Waals surface area contributed by atoms with Crippen LogP contribution in [0.1, 0.15) is 101 Å². The highest BCUT2D eigenvalue weighted by Gasteiger charge is 2.19. The number of unbranched alkanes of at least 4 members (excludes halogenated alkanes) is 2. The van der Waals surface area contributed by atoms with Crippen LogP contribution in [0.5, 0.6) is 0 Å². The molecule has 4 nitrogen and oxygen atoms in total. The molecule has 0 heterocycles. The molecule has 1 aromatic carbocycles. The molecule has 0 aliphatic rings. The first-order valence-electron chi connectivity index (χ1n) is 10.4. The van der Waals surface area contributed by atoms with E-state index in [9.17, 15) is 9.59 Å². The molecule has 0 aliphatic carbocycles. The molecule has 1 rings (SSSR count). The minimum absolute atomic E-state index is 0.276. The second kappa shape index (κ2) is 11.2. The Morgan fingerprint density at radius 3 is 1.36 bits per heavy atom. The van der Waals surface area contributed by atoms with Gasteiger partial charge in [-0.3, -0.25) is 0 Å². The molecule has 0 spiro atoms. The van der Waals surface area contributed by atoms with Gasteiger partial charge in [-0.2, -0.15) is 0 Å². The van der Waals surface area contributed by atoms with Crippen molar-refractivity contribution in [2.45, 2.75) is 80.1 Å². The highest BCUT2D eigenvalue weighted by atomic mass is 16.5. The van der Waals surface area contributed by atoms with Gasteiger partial charge >= 0.3 is 11.9 Å². The van der Waals surface area contributed by atoms with E-state index in [0.717, 1.165) is 38.5 Å². The molecular formula is C24H38O4. The second-order valence-electron chi connectivity index (χ2n) is 9.85. The summed E-state index contributed by atoms with van der Waals surface area (Å²) in [6.45, 7) is 13.9. The average molecular weight is 391 g/mol. The number of ether oxygens (including phenoxy) is 2. The third-order valence-corrected chi connectivity index (χ3v) is 4.48. The zero-order valence-electron chi connectivity index (χ0n) is 18.6. The Hall–Kier alpha value is -1.84. The maximum Gasteiger partial charge on any atom is 0.339 e. The third-order valence-electron chi connectivity index (χ3n) is 4.48. The fraction of sp³-hybridized carbons (Fsp3) is 0.667. The van der Waals surface area contributed by atoms with Crippen LogP contribution in [0.3, 0.4) is 0 Å². The van der Waals surface area contributed by atoms with Crippen LogP contribution < -0.4 is 0 Å². The molecular weight excluding hydrogens is 352 g/mol. The maximum atomic E-state index is 12.4. The fourth-order valence-corrected chi connectivity index (χ4v) is 2.84. The Morgan fingerprint density at radius 1 is 0.679 bits per heavy atom. The molecule has 0 fully saturated rings. The van der Waals surface area contributed by atoms with E-state index in [0.29, 0.717) is 13.2 Å². The normalized spacial score (nSPS) is 11.9. The van der Waals surface area contributed by atoms with Crippen LogP contribution in [-0.4, -0.2) is 25.2 Å². The quantitative estimate of drug-likeness (QED) is 0.341. The molecule has 0 saturated carbocycles. The van der Waals surface area contributed by atoms with Crippen molar-refractivity contribution < 1.29 is 19.1 Å². The van der Waals surface area contributed by atoms with Gasteiger partial charge < -0.3 is 9.47 Å². The Morgan fingerprint density at radius 2 is 1.04 bits per heavy atom. The van der Waals surface area contributed by atoms with E-state index in [1.807, 2.05) is 0 Å². The summed E-state index contributed by atoms with van der Waals surface area (Å²) >= 11 is 0. The summed E-state index contributed by atoms with van der Waals surface area (Å²) in [5, 5.41) is 0. The fourth-order valence-electron chi connectivity index (χ4n) is 2.84. The Bertz CT molecular complexity index is 565. The van der Waals surface area contributed by atoms with Crippen molar-refractivity contribution >= 4 is 11.9 Å². The van der Waals surface area contributed by atoms with Crippen molar-refractivity contribution in [1.82, 2.24) is 0 Å². The largest absolute Gasteiger partial charge is 0.462 e. The van der Waals surface area contributed by atoms with Gasteiger partial charge in [0.05, 0.1) is 24.3 Å². The first-order chi connectivity index (χ1) is 13.0. The minimum atomic E-state index is -0.462. The van der Waals surface area contributed by atoms with Crippen LogP contribution in [0.2, 0.25) is 0 Å². The van der Waals surface area contributed by atoms with Crippen molar-refractivity contribution in [2.75, 3.05) is 13.2 Å². The van der Waals surface area contributed by atoms with Gasteiger partial charge in [-0.05, 0) is 61.5 Å². The van der Waals surface area contributed by atoms with Crippen LogP contribution in [0.15, 0.2) is 24.3 Å². The highest BCUT2D eigenvalue weighted by molar-refractivity contribution is 6.03. The van der Waals surface area contributed by atoms with E-state index in [4.69, 9.17) is 9.47 Å². The van der Waals surface area contributed by atoms with Crippen LogP contribution >= 0.6 is 0 Å². The molecule has 0 unspecified atom stereocenters. The van der Waals surface area contributed by atoms with Gasteiger partial charge in [0, 0.05) is 0 Å². The van der Waals surface area contributed by atoms with Crippen molar-refractivity contribution in [3.8, 4) is 0 Å². The molecule has 0 atom stereocenters. The molecule has 0 aliphatic heterocycles. The van der Waals surface area contributed by atoms with Crippen molar-refractivity contribution in [1.29, 1.82) is 0 Å². The molecule has 0 N–H and O–H groups in total. The lowest BCUT2D eigenvalue weighted by Gasteiger charge is -2.17. The third kappa shape index (κ3) is 10.5. The van der Waals surface area contributed by atoms with E-state index in [-0.39, 0.29) is 22.0 Å². The predicted octanol–water partition coefficient (Wildman–Crippen LogP) is 6.43. The van der Waals surface area contributed by atoms with Crippen LogP contribution in [0, 0.1) is 10.8 Å². The summed E-state index contributed by atoms with van der Waals surface area (Å²) in [6, 6.07) is 6.70. The molecule has 1 aromatic rings. The highest BCUT2D eigenvalue weighted by Crippen LogP contribution is 2.22. The van der Waals surface area contributed by atoms with E-state index >= 15 is 0 Å². The van der Waals surface area contributed by atoms with Gasteiger partial charge in [0.25, 0.3) is 0 Å². The molecule has 0 radical (unpaired) electrons. The van der Waals surface area contributed by atoms with Gasteiger partial charge in [0.15, 0.2) is 0 Å². The maximum absolute atomic E-state index is 12.4. The summed E-state index contributed by atoms with van der Waals surface area (Å²) < 4.78 is 10.7. The molecule has 0 bridgehead atoms. The van der Waals surface area contributed by atoms with E-state index in [1.54, 1.807) is 24.3 Å². The van der Waals surface area contributed by atoms with E-state index in [2.05, 4.69) is 41.5 Å². The number of carbonyl (C=O) groups excluding carboxylic acids is 2. The average Bonchev–Trinajstić information content (AvgIpc) is 2.58. The monoisotopic (exact) mass is 390 g/mol. The SMILES string of the molecule is CC(C)(C)CCCCOC(=O)c1ccccc1C(=O)OCCCCC(C)(C)C. The molecule has 4 heteroatoms. The second-order valence-corrected chi connectivity index (χ2v) is 9.85. The zero-order valence-corrected chi connectivity index (χ0v) is 18.6.